The number of hydrogen-bond acceptors (Lipinski definition) is 3. The van der Waals surface area contributed by atoms with Crippen LogP contribution in [0.4, 0.5) is 10.1 Å². The first kappa shape index (κ1) is 13.6. The topological polar surface area (TPSA) is 62.5 Å². The van der Waals surface area contributed by atoms with Crippen molar-refractivity contribution < 1.29 is 18.7 Å². The summed E-state index contributed by atoms with van der Waals surface area (Å²) in [5.74, 6) is -0.669. The quantitative estimate of drug-likeness (QED) is 0.896. The van der Waals surface area contributed by atoms with Crippen molar-refractivity contribution in [2.45, 2.75) is 13.5 Å². The first-order valence-corrected chi connectivity index (χ1v) is 6.29. The summed E-state index contributed by atoms with van der Waals surface area (Å²) in [6, 6.07) is 6.06. The van der Waals surface area contributed by atoms with E-state index < -0.39 is 11.8 Å². The molecule has 2 aromatic rings. The van der Waals surface area contributed by atoms with Gasteiger partial charge in [-0.25, -0.2) is 9.18 Å². The smallest absolute Gasteiger partial charge is 0.339 e. The Morgan fingerprint density at radius 2 is 2.26 bits per heavy atom. The number of benzene rings is 1. The normalized spacial score (nSPS) is 10.5. The van der Waals surface area contributed by atoms with Gasteiger partial charge in [0.25, 0.3) is 0 Å². The molecule has 1 aromatic carbocycles. The summed E-state index contributed by atoms with van der Waals surface area (Å²) in [5, 5.41) is 11.8. The van der Waals surface area contributed by atoms with Gasteiger partial charge < -0.3 is 14.8 Å². The molecule has 0 saturated heterocycles. The van der Waals surface area contributed by atoms with E-state index in [1.807, 2.05) is 0 Å². The van der Waals surface area contributed by atoms with Crippen LogP contribution in [0.3, 0.4) is 0 Å². The average Bonchev–Trinajstić information content (AvgIpc) is 2.70. The number of hydrogen-bond donors (Lipinski definition) is 2. The molecule has 0 aliphatic rings. The van der Waals surface area contributed by atoms with Crippen LogP contribution >= 0.6 is 15.9 Å². The molecule has 0 amide bonds. The number of para-hydroxylation sites is 1. The second-order valence-electron chi connectivity index (χ2n) is 3.94. The van der Waals surface area contributed by atoms with Gasteiger partial charge in [0, 0.05) is 4.47 Å². The Morgan fingerprint density at radius 1 is 1.53 bits per heavy atom. The molecule has 0 aliphatic heterocycles. The number of furan rings is 1. The lowest BCUT2D eigenvalue weighted by Crippen LogP contribution is -2.01. The molecule has 1 aromatic heterocycles. The summed E-state index contributed by atoms with van der Waals surface area (Å²) in [6.07, 6.45) is 0. The second kappa shape index (κ2) is 5.44. The summed E-state index contributed by atoms with van der Waals surface area (Å²) in [7, 11) is 0. The second-order valence-corrected chi connectivity index (χ2v) is 4.79. The van der Waals surface area contributed by atoms with Crippen molar-refractivity contribution in [1.29, 1.82) is 0 Å². The van der Waals surface area contributed by atoms with Gasteiger partial charge in [-0.05, 0) is 41.1 Å². The van der Waals surface area contributed by atoms with Crippen LogP contribution in [0.1, 0.15) is 21.9 Å². The summed E-state index contributed by atoms with van der Waals surface area (Å²) < 4.78 is 19.4. The van der Waals surface area contributed by atoms with Crippen molar-refractivity contribution >= 4 is 27.6 Å². The largest absolute Gasteiger partial charge is 0.478 e. The van der Waals surface area contributed by atoms with Crippen molar-refractivity contribution in [3.8, 4) is 0 Å². The molecule has 4 nitrogen and oxygen atoms in total. The number of aryl methyl sites for hydroxylation is 1. The maximum Gasteiger partial charge on any atom is 0.339 e. The molecule has 0 atom stereocenters. The number of carboxylic acids is 1. The molecule has 0 bridgehead atoms. The van der Waals surface area contributed by atoms with Gasteiger partial charge in [0.05, 0.1) is 12.2 Å². The maximum atomic E-state index is 13.5. The predicted octanol–water partition coefficient (Wildman–Crippen LogP) is 3.80. The fraction of sp³-hybridized carbons (Fsp3) is 0.154. The van der Waals surface area contributed by atoms with Crippen LogP contribution in [0.25, 0.3) is 0 Å². The third-order valence-corrected chi connectivity index (χ3v) is 3.26. The molecule has 0 radical (unpaired) electrons. The number of aromatic carboxylic acids is 1. The monoisotopic (exact) mass is 327 g/mol. The van der Waals surface area contributed by atoms with Gasteiger partial charge >= 0.3 is 5.97 Å². The number of carbonyl (C=O) groups is 1. The van der Waals surface area contributed by atoms with Crippen molar-refractivity contribution in [1.82, 2.24) is 0 Å². The molecular weight excluding hydrogens is 317 g/mol. The van der Waals surface area contributed by atoms with Crippen molar-refractivity contribution in [3.05, 3.63) is 51.6 Å². The minimum Gasteiger partial charge on any atom is -0.478 e. The molecule has 1 heterocycles. The van der Waals surface area contributed by atoms with Gasteiger partial charge in [0.2, 0.25) is 0 Å². The van der Waals surface area contributed by atoms with Crippen LogP contribution in [0.5, 0.6) is 0 Å². The van der Waals surface area contributed by atoms with Crippen molar-refractivity contribution in [2.75, 3.05) is 5.32 Å². The van der Waals surface area contributed by atoms with E-state index in [1.54, 1.807) is 19.1 Å². The Morgan fingerprint density at radius 3 is 2.84 bits per heavy atom. The predicted molar refractivity (Wildman–Crippen MR) is 71.8 cm³/mol. The maximum absolute atomic E-state index is 13.5. The van der Waals surface area contributed by atoms with Gasteiger partial charge in [-0.1, -0.05) is 6.07 Å². The van der Waals surface area contributed by atoms with Gasteiger partial charge in [0.1, 0.15) is 22.9 Å². The molecular formula is C13H11BrFNO3. The number of halogens is 2. The van der Waals surface area contributed by atoms with Crippen LogP contribution in [0.2, 0.25) is 0 Å². The highest BCUT2D eigenvalue weighted by atomic mass is 79.9. The molecule has 2 rings (SSSR count). The Bertz CT molecular complexity index is 604. The zero-order valence-electron chi connectivity index (χ0n) is 10.0. The third kappa shape index (κ3) is 2.96. The van der Waals surface area contributed by atoms with E-state index in [9.17, 15) is 9.18 Å². The highest BCUT2D eigenvalue weighted by Gasteiger charge is 2.14. The number of anilines is 1. The van der Waals surface area contributed by atoms with Gasteiger partial charge in [-0.2, -0.15) is 0 Å². The zero-order chi connectivity index (χ0) is 14.0. The van der Waals surface area contributed by atoms with E-state index in [0.29, 0.717) is 21.7 Å². The van der Waals surface area contributed by atoms with Crippen LogP contribution in [0.15, 0.2) is 33.2 Å². The minimum absolute atomic E-state index is 0.115. The Kier molecular flexibility index (Phi) is 3.90. The lowest BCUT2D eigenvalue weighted by molar-refractivity contribution is 0.0695. The lowest BCUT2D eigenvalue weighted by Gasteiger charge is -2.07. The molecule has 0 unspecified atom stereocenters. The number of carboxylic acid groups (broad SMARTS) is 1. The highest BCUT2D eigenvalue weighted by molar-refractivity contribution is 9.10. The SMILES string of the molecule is Cc1oc(CNc2c(F)cccc2Br)cc1C(=O)O. The molecule has 0 spiro atoms. The van der Waals surface area contributed by atoms with E-state index in [2.05, 4.69) is 21.2 Å². The van der Waals surface area contributed by atoms with E-state index in [-0.39, 0.29) is 12.1 Å². The van der Waals surface area contributed by atoms with Gasteiger partial charge in [0.15, 0.2) is 0 Å². The molecule has 19 heavy (non-hydrogen) atoms. The molecule has 0 saturated carbocycles. The fourth-order valence-corrected chi connectivity index (χ4v) is 2.17. The van der Waals surface area contributed by atoms with Crippen molar-refractivity contribution in [3.63, 3.8) is 0 Å². The summed E-state index contributed by atoms with van der Waals surface area (Å²) in [4.78, 5) is 10.9. The fourth-order valence-electron chi connectivity index (χ4n) is 1.69. The van der Waals surface area contributed by atoms with E-state index in [1.165, 1.54) is 12.1 Å². The summed E-state index contributed by atoms with van der Waals surface area (Å²) >= 11 is 3.24. The Balaban J connectivity index is 2.15. The summed E-state index contributed by atoms with van der Waals surface area (Å²) in [5.41, 5.74) is 0.429. The minimum atomic E-state index is -1.04. The molecule has 2 N–H and O–H groups in total. The summed E-state index contributed by atoms with van der Waals surface area (Å²) in [6.45, 7) is 1.78. The Hall–Kier alpha value is -1.82. The molecule has 0 fully saturated rings. The van der Waals surface area contributed by atoms with E-state index in [4.69, 9.17) is 9.52 Å². The number of rotatable bonds is 4. The highest BCUT2D eigenvalue weighted by Crippen LogP contribution is 2.26. The van der Waals surface area contributed by atoms with Crippen molar-refractivity contribution in [2.24, 2.45) is 0 Å². The Labute approximate surface area is 117 Å². The van der Waals surface area contributed by atoms with Gasteiger partial charge in [-0.15, -0.1) is 0 Å². The van der Waals surface area contributed by atoms with Gasteiger partial charge in [-0.3, -0.25) is 0 Å². The lowest BCUT2D eigenvalue weighted by atomic mass is 10.2. The van der Waals surface area contributed by atoms with Crippen LogP contribution in [-0.4, -0.2) is 11.1 Å². The number of nitrogens with one attached hydrogen (secondary N) is 1. The molecule has 0 aliphatic carbocycles. The zero-order valence-corrected chi connectivity index (χ0v) is 11.6. The standard InChI is InChI=1S/C13H11BrFNO3/c1-7-9(13(17)18)5-8(19-7)6-16-12-10(14)3-2-4-11(12)15/h2-5,16H,6H2,1H3,(H,17,18). The molecule has 6 heteroatoms. The van der Waals surface area contributed by atoms with E-state index >= 15 is 0 Å². The first-order chi connectivity index (χ1) is 8.99. The average molecular weight is 328 g/mol. The van der Waals surface area contributed by atoms with Crippen LogP contribution in [0, 0.1) is 12.7 Å². The first-order valence-electron chi connectivity index (χ1n) is 5.49. The van der Waals surface area contributed by atoms with Crippen LogP contribution < -0.4 is 5.32 Å². The molecule has 100 valence electrons. The van der Waals surface area contributed by atoms with Crippen LogP contribution in [-0.2, 0) is 6.54 Å². The van der Waals surface area contributed by atoms with E-state index in [0.717, 1.165) is 0 Å². The third-order valence-electron chi connectivity index (χ3n) is 2.60.